The van der Waals surface area contributed by atoms with E-state index in [-0.39, 0.29) is 0 Å². The van der Waals surface area contributed by atoms with Gasteiger partial charge in [0, 0.05) is 11.6 Å². The fraction of sp³-hybridized carbons (Fsp3) is 0. The molecule has 0 atom stereocenters. The average Bonchev–Trinajstić information content (AvgIpc) is 1.69. The van der Waals surface area contributed by atoms with Crippen molar-refractivity contribution in [2.24, 2.45) is 0 Å². The quantitative estimate of drug-likeness (QED) is 0.506. The Bertz CT molecular complexity index is 119. The summed E-state index contributed by atoms with van der Waals surface area (Å²) < 4.78 is 2.89. The van der Waals surface area contributed by atoms with E-state index < -0.39 is 0 Å². The molecule has 0 unspecified atom stereocenters. The second-order valence-electron chi connectivity index (χ2n) is 1.07. The van der Waals surface area contributed by atoms with Gasteiger partial charge < -0.3 is 4.72 Å². The molecule has 1 N–H and O–H groups in total. The van der Waals surface area contributed by atoms with Crippen LogP contribution >= 0.6 is 23.5 Å². The molecule has 0 bridgehead atoms. The lowest BCUT2D eigenvalue weighted by Gasteiger charge is -1.97. The summed E-state index contributed by atoms with van der Waals surface area (Å²) in [6.45, 7) is 0. The number of halogens is 1. The molecule has 0 aromatic heterocycles. The molecule has 1 aliphatic heterocycles. The van der Waals surface area contributed by atoms with Crippen LogP contribution < -0.4 is 4.72 Å². The highest BCUT2D eigenvalue weighted by molar-refractivity contribution is 8.00. The summed E-state index contributed by atoms with van der Waals surface area (Å²) in [7, 11) is 0. The molecule has 0 amide bonds. The molecule has 0 saturated heterocycles. The fourth-order valence-electron chi connectivity index (χ4n) is 0.283. The minimum absolute atomic E-state index is 0.781. The van der Waals surface area contributed by atoms with Gasteiger partial charge in [-0.05, 0) is 18.0 Å². The third-order valence-electron chi connectivity index (χ3n) is 0.550. The van der Waals surface area contributed by atoms with Crippen molar-refractivity contribution in [3.8, 4) is 0 Å². The minimum Gasteiger partial charge on any atom is -0.333 e. The SMILES string of the molecule is ClC1=CSNC=C1. The molecule has 0 aromatic carbocycles. The van der Waals surface area contributed by atoms with Gasteiger partial charge in [0.2, 0.25) is 0 Å². The van der Waals surface area contributed by atoms with Crippen LogP contribution in [0, 0.1) is 0 Å². The summed E-state index contributed by atoms with van der Waals surface area (Å²) in [5, 5.41) is 2.62. The summed E-state index contributed by atoms with van der Waals surface area (Å²) in [6, 6.07) is 0. The van der Waals surface area contributed by atoms with E-state index in [0.717, 1.165) is 5.03 Å². The predicted molar refractivity (Wildman–Crippen MR) is 33.8 cm³/mol. The molecule has 38 valence electrons. The van der Waals surface area contributed by atoms with Crippen LogP contribution in [0.5, 0.6) is 0 Å². The number of hydrogen-bond acceptors (Lipinski definition) is 2. The maximum atomic E-state index is 5.53. The summed E-state index contributed by atoms with van der Waals surface area (Å²) in [4.78, 5) is 0. The van der Waals surface area contributed by atoms with E-state index in [1.807, 2.05) is 5.41 Å². The first-order valence-corrected chi connectivity index (χ1v) is 3.09. The van der Waals surface area contributed by atoms with Crippen molar-refractivity contribution in [3.05, 3.63) is 22.7 Å². The van der Waals surface area contributed by atoms with Gasteiger partial charge in [-0.25, -0.2) is 0 Å². The third-order valence-corrected chi connectivity index (χ3v) is 1.56. The van der Waals surface area contributed by atoms with Crippen LogP contribution in [0.3, 0.4) is 0 Å². The maximum Gasteiger partial charge on any atom is 0.0501 e. The Labute approximate surface area is 51.6 Å². The van der Waals surface area contributed by atoms with Crippen molar-refractivity contribution in [2.75, 3.05) is 0 Å². The molecular weight excluding hydrogens is 130 g/mol. The molecular formula is C4H4ClNS. The van der Waals surface area contributed by atoms with E-state index in [9.17, 15) is 0 Å². The van der Waals surface area contributed by atoms with Crippen molar-refractivity contribution in [2.45, 2.75) is 0 Å². The van der Waals surface area contributed by atoms with Crippen LogP contribution in [0.2, 0.25) is 0 Å². The Morgan fingerprint density at radius 3 is 2.86 bits per heavy atom. The summed E-state index contributed by atoms with van der Waals surface area (Å²) in [5.41, 5.74) is 0. The molecule has 1 nitrogen and oxygen atoms in total. The van der Waals surface area contributed by atoms with E-state index in [4.69, 9.17) is 11.6 Å². The van der Waals surface area contributed by atoms with E-state index in [1.165, 1.54) is 11.9 Å². The molecule has 0 spiro atoms. The van der Waals surface area contributed by atoms with Gasteiger partial charge in [-0.15, -0.1) is 0 Å². The van der Waals surface area contributed by atoms with Crippen molar-refractivity contribution in [1.82, 2.24) is 4.72 Å². The van der Waals surface area contributed by atoms with E-state index >= 15 is 0 Å². The van der Waals surface area contributed by atoms with Gasteiger partial charge in [0.15, 0.2) is 0 Å². The summed E-state index contributed by atoms with van der Waals surface area (Å²) in [5.74, 6) is 0. The fourth-order valence-corrected chi connectivity index (χ4v) is 0.885. The van der Waals surface area contributed by atoms with Crippen LogP contribution in [-0.4, -0.2) is 0 Å². The molecule has 1 heterocycles. The minimum atomic E-state index is 0.781. The van der Waals surface area contributed by atoms with Crippen LogP contribution in [0.1, 0.15) is 0 Å². The van der Waals surface area contributed by atoms with Gasteiger partial charge in [0.1, 0.15) is 0 Å². The number of rotatable bonds is 0. The van der Waals surface area contributed by atoms with Gasteiger partial charge in [-0.2, -0.15) is 0 Å². The average molecular weight is 134 g/mol. The first-order chi connectivity index (χ1) is 3.39. The molecule has 0 aromatic rings. The van der Waals surface area contributed by atoms with Crippen molar-refractivity contribution < 1.29 is 0 Å². The van der Waals surface area contributed by atoms with Crippen LogP contribution in [0.15, 0.2) is 22.7 Å². The van der Waals surface area contributed by atoms with Gasteiger partial charge in [0.25, 0.3) is 0 Å². The van der Waals surface area contributed by atoms with Gasteiger partial charge in [-0.1, -0.05) is 11.6 Å². The Morgan fingerprint density at radius 1 is 1.71 bits per heavy atom. The highest BCUT2D eigenvalue weighted by Gasteiger charge is 1.87. The molecule has 0 radical (unpaired) electrons. The topological polar surface area (TPSA) is 12.0 Å². The zero-order chi connectivity index (χ0) is 5.11. The first-order valence-electron chi connectivity index (χ1n) is 1.83. The van der Waals surface area contributed by atoms with Crippen molar-refractivity contribution in [1.29, 1.82) is 0 Å². The van der Waals surface area contributed by atoms with Gasteiger partial charge >= 0.3 is 0 Å². The number of nitrogens with one attached hydrogen (secondary N) is 1. The monoisotopic (exact) mass is 133 g/mol. The van der Waals surface area contributed by atoms with Gasteiger partial charge in [-0.3, -0.25) is 0 Å². The lowest BCUT2D eigenvalue weighted by atomic mass is 10.6. The number of allylic oxidation sites excluding steroid dienone is 2. The second kappa shape index (κ2) is 2.28. The first kappa shape index (κ1) is 5.06. The highest BCUT2D eigenvalue weighted by atomic mass is 35.5. The predicted octanol–water partition coefficient (Wildman–Crippen LogP) is 1.83. The maximum absolute atomic E-state index is 5.53. The third kappa shape index (κ3) is 1.45. The van der Waals surface area contributed by atoms with Crippen molar-refractivity contribution in [3.63, 3.8) is 0 Å². The molecule has 1 rings (SSSR count). The second-order valence-corrected chi connectivity index (χ2v) is 2.22. The lowest BCUT2D eigenvalue weighted by molar-refractivity contribution is 1.41. The van der Waals surface area contributed by atoms with Gasteiger partial charge in [0.05, 0.1) is 5.03 Å². The molecule has 1 aliphatic rings. The Balaban J connectivity index is 2.58. The molecule has 7 heavy (non-hydrogen) atoms. The van der Waals surface area contributed by atoms with Crippen LogP contribution in [0.4, 0.5) is 0 Å². The van der Waals surface area contributed by atoms with E-state index in [1.54, 1.807) is 12.3 Å². The highest BCUT2D eigenvalue weighted by Crippen LogP contribution is 2.12. The molecule has 3 heteroatoms. The van der Waals surface area contributed by atoms with Crippen molar-refractivity contribution >= 4 is 23.5 Å². The smallest absolute Gasteiger partial charge is 0.0501 e. The largest absolute Gasteiger partial charge is 0.333 e. The van der Waals surface area contributed by atoms with E-state index in [0.29, 0.717) is 0 Å². The number of hydrogen-bond donors (Lipinski definition) is 1. The molecule has 0 aliphatic carbocycles. The molecule has 0 saturated carbocycles. The zero-order valence-corrected chi connectivity index (χ0v) is 5.09. The lowest BCUT2D eigenvalue weighted by Crippen LogP contribution is -1.90. The zero-order valence-electron chi connectivity index (χ0n) is 3.52. The van der Waals surface area contributed by atoms with Crippen LogP contribution in [-0.2, 0) is 0 Å². The Morgan fingerprint density at radius 2 is 2.57 bits per heavy atom. The van der Waals surface area contributed by atoms with E-state index in [2.05, 4.69) is 4.72 Å². The summed E-state index contributed by atoms with van der Waals surface area (Å²) >= 11 is 7.00. The summed E-state index contributed by atoms with van der Waals surface area (Å²) in [6.07, 6.45) is 3.60. The van der Waals surface area contributed by atoms with Crippen LogP contribution in [0.25, 0.3) is 0 Å². The standard InChI is InChI=1S/C4H4ClNS/c5-4-1-2-6-7-3-4/h1-3,6H. The Hall–Kier alpha value is -0.0800. The molecule has 0 fully saturated rings. The normalized spacial score (nSPS) is 18.1. The Kier molecular flexibility index (Phi) is 1.65.